The van der Waals surface area contributed by atoms with Gasteiger partial charge in [0.2, 0.25) is 5.91 Å². The predicted molar refractivity (Wildman–Crippen MR) is 139 cm³/mol. The Balaban J connectivity index is 1.69. The number of hydrogen-bond acceptors (Lipinski definition) is 4. The van der Waals surface area contributed by atoms with Crippen molar-refractivity contribution in [3.05, 3.63) is 59.3 Å². The minimum absolute atomic E-state index is 0.00842. The number of aromatic nitrogens is 1. The van der Waals surface area contributed by atoms with Crippen LogP contribution in [0.1, 0.15) is 63.3 Å². The minimum Gasteiger partial charge on any atom is -0.493 e. The largest absolute Gasteiger partial charge is 0.493 e. The maximum atomic E-state index is 14.0. The van der Waals surface area contributed by atoms with Gasteiger partial charge in [0.25, 0.3) is 5.91 Å². The molecule has 7 nitrogen and oxygen atoms in total. The molecule has 2 amide bonds. The highest BCUT2D eigenvalue weighted by atomic mass is 16.5. The molecule has 0 aliphatic carbocycles. The second kappa shape index (κ2) is 9.19. The Morgan fingerprint density at radius 3 is 2.64 bits per heavy atom. The molecule has 3 unspecified atom stereocenters. The number of methoxy groups -OCH3 is 1. The van der Waals surface area contributed by atoms with Crippen molar-refractivity contribution in [3.8, 4) is 11.5 Å². The molecular formula is C29H35N3O4. The molecule has 2 aliphatic rings. The first kappa shape index (κ1) is 24.2. The smallest absolute Gasteiger partial charge is 0.255 e. The van der Waals surface area contributed by atoms with E-state index in [1.54, 1.807) is 16.9 Å². The molecule has 190 valence electrons. The number of nitrogens with one attached hydrogen (secondary N) is 1. The average Bonchev–Trinajstić information content (AvgIpc) is 3.30. The number of H-pyrrole nitrogens is 1. The lowest BCUT2D eigenvalue weighted by Crippen LogP contribution is -2.68. The summed E-state index contributed by atoms with van der Waals surface area (Å²) in [6.07, 6.45) is 1.70. The lowest BCUT2D eigenvalue weighted by Gasteiger charge is -2.52. The van der Waals surface area contributed by atoms with Gasteiger partial charge in [-0.2, -0.15) is 0 Å². The van der Waals surface area contributed by atoms with Gasteiger partial charge in [-0.3, -0.25) is 9.59 Å². The van der Waals surface area contributed by atoms with Crippen LogP contribution in [0.4, 0.5) is 0 Å². The molecule has 2 aliphatic heterocycles. The number of fused-ring (bicyclic) bond motifs is 5. The van der Waals surface area contributed by atoms with Crippen LogP contribution in [0.25, 0.3) is 10.9 Å². The standard InChI is InChI=1S/C29H35N3O4/c1-6-14-36-23-13-12-19(15-24(23)35-5)21-16-32-25(33)17-31(18(3)7-2)28(34)29(32,4)27-26(21)20-10-8-9-11-22(20)30-27/h8-13,15,18,21,30H,6-7,14,16-17H2,1-5H3. The van der Waals surface area contributed by atoms with Crippen molar-refractivity contribution in [2.75, 3.05) is 26.8 Å². The molecule has 1 N–H and O–H groups in total. The second-order valence-corrected chi connectivity index (χ2v) is 10.0. The molecule has 1 fully saturated rings. The molecule has 0 saturated carbocycles. The van der Waals surface area contributed by atoms with Gasteiger partial charge in [-0.15, -0.1) is 0 Å². The normalized spacial score (nSPS) is 22.4. The summed E-state index contributed by atoms with van der Waals surface area (Å²) in [6, 6.07) is 14.1. The summed E-state index contributed by atoms with van der Waals surface area (Å²) in [5.41, 5.74) is 2.77. The van der Waals surface area contributed by atoms with Crippen LogP contribution in [0.3, 0.4) is 0 Å². The number of carbonyl (C=O) groups excluding carboxylic acids is 2. The van der Waals surface area contributed by atoms with Crippen molar-refractivity contribution in [3.63, 3.8) is 0 Å². The van der Waals surface area contributed by atoms with Gasteiger partial charge in [0, 0.05) is 29.4 Å². The zero-order valence-corrected chi connectivity index (χ0v) is 21.8. The Labute approximate surface area is 212 Å². The molecule has 3 heterocycles. The van der Waals surface area contributed by atoms with E-state index in [-0.39, 0.29) is 30.3 Å². The average molecular weight is 490 g/mol. The topological polar surface area (TPSA) is 74.9 Å². The summed E-state index contributed by atoms with van der Waals surface area (Å²) in [5.74, 6) is 1.20. The van der Waals surface area contributed by atoms with Crippen molar-refractivity contribution in [1.29, 1.82) is 0 Å². The first-order chi connectivity index (χ1) is 17.3. The number of para-hydroxylation sites is 1. The first-order valence-electron chi connectivity index (χ1n) is 12.9. The molecule has 3 atom stereocenters. The van der Waals surface area contributed by atoms with E-state index < -0.39 is 5.54 Å². The monoisotopic (exact) mass is 489 g/mol. The van der Waals surface area contributed by atoms with Gasteiger partial charge in [0.05, 0.1) is 19.4 Å². The van der Waals surface area contributed by atoms with Crippen LogP contribution >= 0.6 is 0 Å². The van der Waals surface area contributed by atoms with Gasteiger partial charge in [-0.25, -0.2) is 0 Å². The van der Waals surface area contributed by atoms with Crippen LogP contribution in [-0.2, 0) is 15.1 Å². The molecule has 0 spiro atoms. The van der Waals surface area contributed by atoms with Crippen molar-refractivity contribution in [2.24, 2.45) is 0 Å². The maximum absolute atomic E-state index is 14.0. The van der Waals surface area contributed by atoms with Gasteiger partial charge in [-0.1, -0.05) is 38.1 Å². The second-order valence-electron chi connectivity index (χ2n) is 10.0. The lowest BCUT2D eigenvalue weighted by molar-refractivity contribution is -0.168. The number of aromatic amines is 1. The fourth-order valence-corrected chi connectivity index (χ4v) is 5.74. The number of nitrogens with zero attached hydrogens (tertiary/aromatic N) is 2. The van der Waals surface area contributed by atoms with Gasteiger partial charge < -0.3 is 24.3 Å². The molecule has 0 bridgehead atoms. The van der Waals surface area contributed by atoms with Crippen LogP contribution in [0, 0.1) is 0 Å². The van der Waals surface area contributed by atoms with E-state index in [0.29, 0.717) is 24.7 Å². The Hall–Kier alpha value is -3.48. The van der Waals surface area contributed by atoms with E-state index in [2.05, 4.69) is 18.0 Å². The van der Waals surface area contributed by atoms with Crippen LogP contribution in [-0.4, -0.2) is 59.4 Å². The molecule has 2 aromatic carbocycles. The zero-order chi connectivity index (χ0) is 25.6. The molecule has 0 radical (unpaired) electrons. The lowest BCUT2D eigenvalue weighted by atomic mass is 9.76. The fraction of sp³-hybridized carbons (Fsp3) is 0.448. The highest BCUT2D eigenvalue weighted by molar-refractivity contribution is 6.01. The number of benzene rings is 2. The van der Waals surface area contributed by atoms with E-state index in [1.165, 1.54) is 0 Å². The van der Waals surface area contributed by atoms with Crippen LogP contribution in [0.15, 0.2) is 42.5 Å². The quantitative estimate of drug-likeness (QED) is 0.518. The summed E-state index contributed by atoms with van der Waals surface area (Å²) in [7, 11) is 1.64. The van der Waals surface area contributed by atoms with Gasteiger partial charge in [0.1, 0.15) is 6.54 Å². The van der Waals surface area contributed by atoms with Crippen molar-refractivity contribution < 1.29 is 19.1 Å². The summed E-state index contributed by atoms with van der Waals surface area (Å²) in [4.78, 5) is 34.7. The molecule has 36 heavy (non-hydrogen) atoms. The third-order valence-electron chi connectivity index (χ3n) is 7.95. The van der Waals surface area contributed by atoms with Crippen LogP contribution < -0.4 is 9.47 Å². The molecular weight excluding hydrogens is 454 g/mol. The van der Waals surface area contributed by atoms with E-state index in [1.807, 2.05) is 57.2 Å². The number of hydrogen-bond donors (Lipinski definition) is 1. The summed E-state index contributed by atoms with van der Waals surface area (Å²) < 4.78 is 11.6. The fourth-order valence-electron chi connectivity index (χ4n) is 5.74. The number of rotatable bonds is 7. The summed E-state index contributed by atoms with van der Waals surface area (Å²) in [6.45, 7) is 9.16. The van der Waals surface area contributed by atoms with Gasteiger partial charge in [-0.05, 0) is 56.0 Å². The molecule has 5 rings (SSSR count). The highest BCUT2D eigenvalue weighted by Gasteiger charge is 2.56. The first-order valence-corrected chi connectivity index (χ1v) is 12.9. The SMILES string of the molecule is CCCOc1ccc(C2CN3C(=O)CN(C(C)CC)C(=O)C3(C)c3[nH]c4ccccc4c32)cc1OC. The molecule has 1 saturated heterocycles. The van der Waals surface area contributed by atoms with E-state index in [9.17, 15) is 9.59 Å². The number of ether oxygens (including phenoxy) is 2. The maximum Gasteiger partial charge on any atom is 0.255 e. The van der Waals surface area contributed by atoms with Crippen LogP contribution in [0.2, 0.25) is 0 Å². The van der Waals surface area contributed by atoms with Crippen LogP contribution in [0.5, 0.6) is 11.5 Å². The Kier molecular flexibility index (Phi) is 6.18. The third-order valence-corrected chi connectivity index (χ3v) is 7.95. The zero-order valence-electron chi connectivity index (χ0n) is 21.8. The molecule has 7 heteroatoms. The number of amides is 2. The van der Waals surface area contributed by atoms with Gasteiger partial charge >= 0.3 is 0 Å². The number of piperazine rings is 1. The Bertz CT molecular complexity index is 1320. The predicted octanol–water partition coefficient (Wildman–Crippen LogP) is 4.80. The van der Waals surface area contributed by atoms with E-state index >= 15 is 0 Å². The van der Waals surface area contributed by atoms with E-state index in [4.69, 9.17) is 9.47 Å². The molecule has 3 aromatic rings. The van der Waals surface area contributed by atoms with Crippen molar-refractivity contribution in [2.45, 2.75) is 58.0 Å². The Morgan fingerprint density at radius 2 is 1.92 bits per heavy atom. The van der Waals surface area contributed by atoms with Gasteiger partial charge in [0.15, 0.2) is 17.0 Å². The summed E-state index contributed by atoms with van der Waals surface area (Å²) >= 11 is 0. The van der Waals surface area contributed by atoms with Crippen molar-refractivity contribution >= 4 is 22.7 Å². The highest BCUT2D eigenvalue weighted by Crippen LogP contribution is 2.49. The molecule has 1 aromatic heterocycles. The Morgan fingerprint density at radius 1 is 1.14 bits per heavy atom. The summed E-state index contributed by atoms with van der Waals surface area (Å²) in [5, 5.41) is 1.07. The van der Waals surface area contributed by atoms with Crippen molar-refractivity contribution in [1.82, 2.24) is 14.8 Å². The van der Waals surface area contributed by atoms with E-state index in [0.717, 1.165) is 40.6 Å². The third kappa shape index (κ3) is 3.55. The number of carbonyl (C=O) groups is 2. The minimum atomic E-state index is -1.09.